The molecule has 0 heterocycles. The molecule has 0 aromatic heterocycles. The smallest absolute Gasteiger partial charge is 0.124 e. The molecule has 1 aromatic rings. The largest absolute Gasteiger partial charge is 0.309 e. The lowest BCUT2D eigenvalue weighted by atomic mass is 10.0. The first kappa shape index (κ1) is 13.2. The summed E-state index contributed by atoms with van der Waals surface area (Å²) >= 11 is 3.38. The third-order valence-corrected chi connectivity index (χ3v) is 2.96. The molecule has 0 radical (unpaired) electrons. The number of hydrogen-bond acceptors (Lipinski definition) is 1. The lowest BCUT2D eigenvalue weighted by molar-refractivity contribution is 0.559. The Bertz CT molecular complexity index is 406. The normalized spacial score (nSPS) is 11.8. The second-order valence-electron chi connectivity index (χ2n) is 3.41. The SMILES string of the molecule is CC#CCC(NCC)c1ccc(F)cc1Br. The van der Waals surface area contributed by atoms with Crippen LogP contribution in [0.5, 0.6) is 0 Å². The average molecular weight is 284 g/mol. The molecule has 0 fully saturated rings. The molecule has 0 aliphatic carbocycles. The molecule has 0 aliphatic heterocycles. The van der Waals surface area contributed by atoms with Crippen molar-refractivity contribution in [3.05, 3.63) is 34.1 Å². The topological polar surface area (TPSA) is 12.0 Å². The van der Waals surface area contributed by atoms with Gasteiger partial charge in [-0.1, -0.05) is 28.9 Å². The Morgan fingerprint density at radius 3 is 2.81 bits per heavy atom. The van der Waals surface area contributed by atoms with E-state index in [1.807, 2.05) is 13.8 Å². The molecule has 86 valence electrons. The van der Waals surface area contributed by atoms with Gasteiger partial charge in [0, 0.05) is 16.9 Å². The van der Waals surface area contributed by atoms with Crippen LogP contribution in [0.4, 0.5) is 4.39 Å². The monoisotopic (exact) mass is 283 g/mol. The number of hydrogen-bond donors (Lipinski definition) is 1. The van der Waals surface area contributed by atoms with Crippen molar-refractivity contribution in [3.63, 3.8) is 0 Å². The summed E-state index contributed by atoms with van der Waals surface area (Å²) in [6.45, 7) is 4.73. The van der Waals surface area contributed by atoms with E-state index in [2.05, 4.69) is 33.1 Å². The molecule has 0 amide bonds. The predicted octanol–water partition coefficient (Wildman–Crippen LogP) is 3.65. The van der Waals surface area contributed by atoms with Crippen LogP contribution in [0.1, 0.15) is 31.9 Å². The summed E-state index contributed by atoms with van der Waals surface area (Å²) in [6, 6.07) is 4.90. The highest BCUT2D eigenvalue weighted by Crippen LogP contribution is 2.26. The first-order valence-electron chi connectivity index (χ1n) is 5.27. The molecule has 0 aliphatic rings. The van der Waals surface area contributed by atoms with Gasteiger partial charge in [-0.3, -0.25) is 0 Å². The minimum absolute atomic E-state index is 0.146. The zero-order chi connectivity index (χ0) is 12.0. The van der Waals surface area contributed by atoms with E-state index in [9.17, 15) is 4.39 Å². The van der Waals surface area contributed by atoms with E-state index >= 15 is 0 Å². The second-order valence-corrected chi connectivity index (χ2v) is 4.26. The van der Waals surface area contributed by atoms with Crippen molar-refractivity contribution in [2.24, 2.45) is 0 Å². The van der Waals surface area contributed by atoms with Crippen molar-refractivity contribution in [2.75, 3.05) is 6.54 Å². The molecule has 1 atom stereocenters. The Morgan fingerprint density at radius 1 is 1.50 bits per heavy atom. The molecule has 1 N–H and O–H groups in total. The van der Waals surface area contributed by atoms with Crippen molar-refractivity contribution in [2.45, 2.75) is 26.3 Å². The Morgan fingerprint density at radius 2 is 2.25 bits per heavy atom. The minimum atomic E-state index is -0.229. The standard InChI is InChI=1S/C13H15BrFN/c1-3-5-6-13(16-4-2)11-8-7-10(15)9-12(11)14/h7-9,13,16H,4,6H2,1-2H3. The van der Waals surface area contributed by atoms with Gasteiger partial charge in [-0.05, 0) is 31.2 Å². The van der Waals surface area contributed by atoms with Gasteiger partial charge in [0.15, 0.2) is 0 Å². The minimum Gasteiger partial charge on any atom is -0.309 e. The third kappa shape index (κ3) is 3.62. The molecule has 16 heavy (non-hydrogen) atoms. The summed E-state index contributed by atoms with van der Waals surface area (Å²) in [4.78, 5) is 0. The Labute approximate surface area is 105 Å². The summed E-state index contributed by atoms with van der Waals surface area (Å²) in [6.07, 6.45) is 0.731. The summed E-state index contributed by atoms with van der Waals surface area (Å²) in [7, 11) is 0. The quantitative estimate of drug-likeness (QED) is 0.832. The van der Waals surface area contributed by atoms with Gasteiger partial charge in [0.25, 0.3) is 0 Å². The first-order chi connectivity index (χ1) is 7.69. The van der Waals surface area contributed by atoms with E-state index in [1.54, 1.807) is 6.07 Å². The molecule has 1 unspecified atom stereocenters. The highest BCUT2D eigenvalue weighted by atomic mass is 79.9. The lowest BCUT2D eigenvalue weighted by Crippen LogP contribution is -2.20. The maximum absolute atomic E-state index is 13.0. The Hall–Kier alpha value is -0.850. The predicted molar refractivity (Wildman–Crippen MR) is 68.6 cm³/mol. The number of nitrogens with one attached hydrogen (secondary N) is 1. The Kier molecular flexibility index (Phi) is 5.51. The molecule has 0 spiro atoms. The highest BCUT2D eigenvalue weighted by Gasteiger charge is 2.12. The maximum atomic E-state index is 13.0. The fourth-order valence-electron chi connectivity index (χ4n) is 1.53. The number of rotatable bonds is 4. The van der Waals surface area contributed by atoms with Gasteiger partial charge < -0.3 is 5.32 Å². The highest BCUT2D eigenvalue weighted by molar-refractivity contribution is 9.10. The third-order valence-electron chi connectivity index (χ3n) is 2.27. The van der Waals surface area contributed by atoms with Crippen LogP contribution >= 0.6 is 15.9 Å². The second kappa shape index (κ2) is 6.67. The van der Waals surface area contributed by atoms with Crippen LogP contribution in [0.3, 0.4) is 0 Å². The van der Waals surface area contributed by atoms with Crippen LogP contribution in [0.25, 0.3) is 0 Å². The molecule has 0 saturated carbocycles. The van der Waals surface area contributed by atoms with Crippen LogP contribution in [-0.2, 0) is 0 Å². The van der Waals surface area contributed by atoms with E-state index in [-0.39, 0.29) is 11.9 Å². The number of halogens is 2. The van der Waals surface area contributed by atoms with Gasteiger partial charge in [0.2, 0.25) is 0 Å². The van der Waals surface area contributed by atoms with E-state index in [0.717, 1.165) is 23.0 Å². The summed E-state index contributed by atoms with van der Waals surface area (Å²) in [5.74, 6) is 5.69. The van der Waals surface area contributed by atoms with Crippen molar-refractivity contribution in [1.29, 1.82) is 0 Å². The molecule has 3 heteroatoms. The lowest BCUT2D eigenvalue weighted by Gasteiger charge is -2.17. The van der Waals surface area contributed by atoms with Crippen molar-refractivity contribution >= 4 is 15.9 Å². The van der Waals surface area contributed by atoms with Crippen LogP contribution < -0.4 is 5.32 Å². The molecule has 1 rings (SSSR count). The van der Waals surface area contributed by atoms with Crippen molar-refractivity contribution < 1.29 is 4.39 Å². The van der Waals surface area contributed by atoms with Crippen LogP contribution in [0.15, 0.2) is 22.7 Å². The van der Waals surface area contributed by atoms with E-state index < -0.39 is 0 Å². The van der Waals surface area contributed by atoms with Crippen LogP contribution in [0.2, 0.25) is 0 Å². The van der Waals surface area contributed by atoms with Gasteiger partial charge in [-0.25, -0.2) is 4.39 Å². The summed E-state index contributed by atoms with van der Waals surface area (Å²) in [5.41, 5.74) is 1.05. The van der Waals surface area contributed by atoms with Gasteiger partial charge in [0.1, 0.15) is 5.82 Å². The fraction of sp³-hybridized carbons (Fsp3) is 0.385. The molecule has 0 saturated heterocycles. The fourth-order valence-corrected chi connectivity index (χ4v) is 2.15. The molecular weight excluding hydrogens is 269 g/mol. The van der Waals surface area contributed by atoms with Gasteiger partial charge in [0.05, 0.1) is 0 Å². The molecular formula is C13H15BrFN. The molecule has 1 nitrogen and oxygen atoms in total. The van der Waals surface area contributed by atoms with Gasteiger partial charge >= 0.3 is 0 Å². The van der Waals surface area contributed by atoms with Gasteiger partial charge in [-0.15, -0.1) is 11.8 Å². The summed E-state index contributed by atoms with van der Waals surface area (Å²) in [5, 5.41) is 3.34. The first-order valence-corrected chi connectivity index (χ1v) is 6.06. The molecule has 1 aromatic carbocycles. The average Bonchev–Trinajstić information content (AvgIpc) is 2.25. The summed E-state index contributed by atoms with van der Waals surface area (Å²) < 4.78 is 13.8. The zero-order valence-electron chi connectivity index (χ0n) is 9.48. The van der Waals surface area contributed by atoms with E-state index in [4.69, 9.17) is 0 Å². The van der Waals surface area contributed by atoms with Crippen LogP contribution in [-0.4, -0.2) is 6.54 Å². The maximum Gasteiger partial charge on any atom is 0.124 e. The van der Waals surface area contributed by atoms with Crippen molar-refractivity contribution in [3.8, 4) is 11.8 Å². The Balaban J connectivity index is 2.94. The zero-order valence-corrected chi connectivity index (χ0v) is 11.1. The van der Waals surface area contributed by atoms with Crippen molar-refractivity contribution in [1.82, 2.24) is 5.32 Å². The number of benzene rings is 1. The van der Waals surface area contributed by atoms with Crippen LogP contribution in [0, 0.1) is 17.7 Å². The van der Waals surface area contributed by atoms with Gasteiger partial charge in [-0.2, -0.15) is 0 Å². The van der Waals surface area contributed by atoms with E-state index in [1.165, 1.54) is 12.1 Å². The molecule has 0 bridgehead atoms. The van der Waals surface area contributed by atoms with E-state index in [0.29, 0.717) is 0 Å².